The largest absolute Gasteiger partial charge is 0.378 e. The number of morpholine rings is 1. The zero-order chi connectivity index (χ0) is 20.6. The SMILES string of the molecule is C#Cc1ccc(F)c([C@@]2(CF)N=C(N)S[C@@]3(/C=C/C(=O)N4CCOCC4)C[C@H]32)c1. The van der Waals surface area contributed by atoms with Gasteiger partial charge in [-0.1, -0.05) is 23.8 Å². The van der Waals surface area contributed by atoms with Crippen LogP contribution in [0.5, 0.6) is 0 Å². The summed E-state index contributed by atoms with van der Waals surface area (Å²) < 4.78 is 33.8. The van der Waals surface area contributed by atoms with E-state index in [1.165, 1.54) is 36.0 Å². The van der Waals surface area contributed by atoms with Gasteiger partial charge in [-0.05, 0) is 24.6 Å². The molecule has 4 rings (SSSR count). The summed E-state index contributed by atoms with van der Waals surface area (Å²) in [5.41, 5.74) is 5.15. The molecule has 2 fully saturated rings. The van der Waals surface area contributed by atoms with Crippen LogP contribution < -0.4 is 5.73 Å². The molecule has 152 valence electrons. The zero-order valence-corrected chi connectivity index (χ0v) is 16.6. The molecular formula is C21H21F2N3O2S. The summed E-state index contributed by atoms with van der Waals surface area (Å²) in [5, 5.41) is 0.172. The molecule has 1 amide bonds. The van der Waals surface area contributed by atoms with Crippen LogP contribution in [0.2, 0.25) is 0 Å². The quantitative estimate of drug-likeness (QED) is 0.603. The fraction of sp³-hybridized carbons (Fsp3) is 0.429. The number of nitrogens with two attached hydrogens (primary N) is 1. The summed E-state index contributed by atoms with van der Waals surface area (Å²) in [4.78, 5) is 18.5. The van der Waals surface area contributed by atoms with E-state index in [2.05, 4.69) is 10.9 Å². The number of carbonyl (C=O) groups is 1. The summed E-state index contributed by atoms with van der Waals surface area (Å²) in [7, 11) is 0. The first kappa shape index (κ1) is 19.9. The highest BCUT2D eigenvalue weighted by atomic mass is 32.2. The number of nitrogens with zero attached hydrogens (tertiary/aromatic N) is 2. The van der Waals surface area contributed by atoms with Crippen LogP contribution in [0.25, 0.3) is 0 Å². The van der Waals surface area contributed by atoms with E-state index in [9.17, 15) is 13.6 Å². The van der Waals surface area contributed by atoms with Gasteiger partial charge in [-0.15, -0.1) is 6.42 Å². The Morgan fingerprint density at radius 1 is 1.48 bits per heavy atom. The summed E-state index contributed by atoms with van der Waals surface area (Å²) in [5.74, 6) is 1.43. The van der Waals surface area contributed by atoms with Crippen molar-refractivity contribution in [1.82, 2.24) is 4.90 Å². The number of terminal acetylenes is 1. The van der Waals surface area contributed by atoms with Gasteiger partial charge >= 0.3 is 0 Å². The molecule has 29 heavy (non-hydrogen) atoms. The molecule has 1 aromatic carbocycles. The summed E-state index contributed by atoms with van der Waals surface area (Å²) in [6.45, 7) is 1.19. The number of halogens is 2. The van der Waals surface area contributed by atoms with Crippen LogP contribution in [0.15, 0.2) is 35.3 Å². The lowest BCUT2D eigenvalue weighted by Gasteiger charge is -2.34. The molecule has 3 aliphatic rings. The van der Waals surface area contributed by atoms with Gasteiger partial charge in [-0.2, -0.15) is 0 Å². The second-order valence-electron chi connectivity index (χ2n) is 7.43. The maximum atomic E-state index is 14.7. The van der Waals surface area contributed by atoms with Crippen molar-refractivity contribution in [2.45, 2.75) is 16.7 Å². The zero-order valence-electron chi connectivity index (χ0n) is 15.7. The van der Waals surface area contributed by atoms with E-state index in [-0.39, 0.29) is 22.6 Å². The molecule has 0 unspecified atom stereocenters. The lowest BCUT2D eigenvalue weighted by Crippen LogP contribution is -2.41. The van der Waals surface area contributed by atoms with Crippen molar-refractivity contribution in [2.24, 2.45) is 16.6 Å². The normalized spacial score (nSPS) is 31.1. The molecule has 0 aromatic heterocycles. The monoisotopic (exact) mass is 417 g/mol. The molecule has 0 spiro atoms. The van der Waals surface area contributed by atoms with Crippen LogP contribution in [0, 0.1) is 24.1 Å². The summed E-state index contributed by atoms with van der Waals surface area (Å²) in [6, 6.07) is 4.17. The van der Waals surface area contributed by atoms with Crippen LogP contribution in [0.4, 0.5) is 8.78 Å². The van der Waals surface area contributed by atoms with E-state index < -0.39 is 22.8 Å². The fourth-order valence-corrected chi connectivity index (χ4v) is 5.47. The van der Waals surface area contributed by atoms with Crippen molar-refractivity contribution in [2.75, 3.05) is 33.0 Å². The minimum Gasteiger partial charge on any atom is -0.378 e. The van der Waals surface area contributed by atoms with E-state index in [4.69, 9.17) is 16.9 Å². The van der Waals surface area contributed by atoms with Gasteiger partial charge in [0, 0.05) is 41.0 Å². The van der Waals surface area contributed by atoms with Crippen LogP contribution in [-0.2, 0) is 15.1 Å². The molecule has 0 radical (unpaired) electrons. The van der Waals surface area contributed by atoms with Crippen LogP contribution in [-0.4, -0.2) is 53.7 Å². The Morgan fingerprint density at radius 3 is 2.93 bits per heavy atom. The molecule has 0 bridgehead atoms. The van der Waals surface area contributed by atoms with Crippen molar-refractivity contribution in [3.8, 4) is 12.3 Å². The lowest BCUT2D eigenvalue weighted by molar-refractivity contribution is -0.130. The second kappa shape index (κ2) is 7.47. The highest BCUT2D eigenvalue weighted by Gasteiger charge is 2.67. The van der Waals surface area contributed by atoms with Crippen molar-refractivity contribution in [1.29, 1.82) is 0 Å². The van der Waals surface area contributed by atoms with Crippen molar-refractivity contribution in [3.63, 3.8) is 0 Å². The van der Waals surface area contributed by atoms with Gasteiger partial charge in [-0.3, -0.25) is 4.79 Å². The number of hydrogen-bond donors (Lipinski definition) is 1. The number of alkyl halides is 1. The second-order valence-corrected chi connectivity index (χ2v) is 8.81. The van der Waals surface area contributed by atoms with Gasteiger partial charge in [0.05, 0.1) is 13.2 Å². The molecule has 1 saturated carbocycles. The number of amidine groups is 1. The highest BCUT2D eigenvalue weighted by Crippen LogP contribution is 2.66. The van der Waals surface area contributed by atoms with Crippen LogP contribution >= 0.6 is 11.8 Å². The molecule has 1 saturated heterocycles. The molecule has 2 heterocycles. The number of amides is 1. The topological polar surface area (TPSA) is 67.9 Å². The average Bonchev–Trinajstić information content (AvgIpc) is 3.47. The molecule has 1 aromatic rings. The highest BCUT2D eigenvalue weighted by molar-refractivity contribution is 8.15. The van der Waals surface area contributed by atoms with E-state index in [0.717, 1.165) is 0 Å². The third-order valence-electron chi connectivity index (χ3n) is 5.77. The number of fused-ring (bicyclic) bond motifs is 1. The van der Waals surface area contributed by atoms with Crippen LogP contribution in [0.3, 0.4) is 0 Å². The van der Waals surface area contributed by atoms with Gasteiger partial charge in [0.25, 0.3) is 0 Å². The number of benzene rings is 1. The third kappa shape index (κ3) is 3.43. The van der Waals surface area contributed by atoms with Crippen molar-refractivity contribution >= 4 is 22.8 Å². The minimum absolute atomic E-state index is 0.110. The Bertz CT molecular complexity index is 938. The Balaban J connectivity index is 1.65. The van der Waals surface area contributed by atoms with Gasteiger partial charge in [0.1, 0.15) is 18.0 Å². The summed E-state index contributed by atoms with van der Waals surface area (Å²) in [6.07, 6.45) is 9.26. The van der Waals surface area contributed by atoms with E-state index in [1.54, 1.807) is 11.0 Å². The first-order valence-corrected chi connectivity index (χ1v) is 10.2. The van der Waals surface area contributed by atoms with Crippen molar-refractivity contribution in [3.05, 3.63) is 47.3 Å². The molecule has 2 aliphatic heterocycles. The molecule has 3 atom stereocenters. The Morgan fingerprint density at radius 2 is 2.24 bits per heavy atom. The lowest BCUT2D eigenvalue weighted by atomic mass is 9.84. The molecule has 8 heteroatoms. The molecule has 2 N–H and O–H groups in total. The number of hydrogen-bond acceptors (Lipinski definition) is 5. The maximum absolute atomic E-state index is 14.7. The molecule has 5 nitrogen and oxygen atoms in total. The first-order chi connectivity index (χ1) is 13.9. The first-order valence-electron chi connectivity index (χ1n) is 9.37. The van der Waals surface area contributed by atoms with Gasteiger partial charge in [0.2, 0.25) is 5.91 Å². The van der Waals surface area contributed by atoms with Gasteiger partial charge in [-0.25, -0.2) is 13.8 Å². The number of thioether (sulfide) groups is 1. The number of rotatable bonds is 4. The smallest absolute Gasteiger partial charge is 0.246 e. The van der Waals surface area contributed by atoms with E-state index in [0.29, 0.717) is 38.3 Å². The number of ether oxygens (including phenoxy) is 1. The Hall–Kier alpha value is -2.37. The standard InChI is InChI=1S/C21H21F2N3O2S/c1-2-14-3-4-16(23)15(11-14)21(13-22)17-12-20(17,29-19(24)25-21)6-5-18(27)26-7-9-28-10-8-26/h1,3-6,11,17H,7-10,12-13H2,(H2,24,25)/b6-5+/t17-,20+,21-/m1/s1. The molecular weight excluding hydrogens is 396 g/mol. The minimum atomic E-state index is -1.45. The van der Waals surface area contributed by atoms with E-state index in [1.807, 2.05) is 0 Å². The maximum Gasteiger partial charge on any atom is 0.246 e. The van der Waals surface area contributed by atoms with Gasteiger partial charge in [0.15, 0.2) is 5.17 Å². The Labute approximate surface area is 172 Å². The number of aliphatic imine (C=N–C) groups is 1. The number of carbonyl (C=O) groups excluding carboxylic acids is 1. The van der Waals surface area contributed by atoms with E-state index >= 15 is 0 Å². The third-order valence-corrected chi connectivity index (χ3v) is 7.04. The molecule has 1 aliphatic carbocycles. The average molecular weight is 417 g/mol. The fourth-order valence-electron chi connectivity index (χ4n) is 4.15. The Kier molecular flexibility index (Phi) is 5.13. The predicted molar refractivity (Wildman–Crippen MR) is 109 cm³/mol. The predicted octanol–water partition coefficient (Wildman–Crippen LogP) is 2.21. The van der Waals surface area contributed by atoms with Gasteiger partial charge < -0.3 is 15.4 Å². The van der Waals surface area contributed by atoms with Crippen molar-refractivity contribution < 1.29 is 18.3 Å². The van der Waals surface area contributed by atoms with Crippen LogP contribution in [0.1, 0.15) is 17.5 Å². The summed E-state index contributed by atoms with van der Waals surface area (Å²) >= 11 is 1.30.